The second kappa shape index (κ2) is 5.64. The van der Waals surface area contributed by atoms with Crippen molar-refractivity contribution < 1.29 is 25.5 Å². The highest BCUT2D eigenvalue weighted by molar-refractivity contribution is 5.37. The van der Waals surface area contributed by atoms with Crippen molar-refractivity contribution in [2.45, 2.75) is 83.4 Å². The van der Waals surface area contributed by atoms with E-state index in [4.69, 9.17) is 0 Å². The maximum Gasteiger partial charge on any atom is 0.102 e. The van der Waals surface area contributed by atoms with Gasteiger partial charge in [0.05, 0.1) is 23.9 Å². The Labute approximate surface area is 149 Å². The molecule has 0 saturated heterocycles. The van der Waals surface area contributed by atoms with Crippen LogP contribution in [0.15, 0.2) is 23.3 Å². The van der Waals surface area contributed by atoms with Gasteiger partial charge in [0, 0.05) is 17.3 Å². The Balaban J connectivity index is 2.22. The predicted octanol–water partition coefficient (Wildman–Crippen LogP) is 1.28. The SMILES string of the molecule is C=C1[C@H]2C[C@]3(O)C[C@H](O)C(C)=C([C@@H](O)[C@H](O)[C@]2(C)CC[C@@H]1O)C3(C)C. The molecule has 0 aromatic carbocycles. The maximum absolute atomic E-state index is 11.6. The summed E-state index contributed by atoms with van der Waals surface area (Å²) in [7, 11) is 0. The van der Waals surface area contributed by atoms with Gasteiger partial charge in [-0.1, -0.05) is 27.4 Å². The monoisotopic (exact) mass is 352 g/mol. The molecule has 142 valence electrons. The Morgan fingerprint density at radius 1 is 1.00 bits per heavy atom. The van der Waals surface area contributed by atoms with Crippen molar-refractivity contribution in [3.8, 4) is 0 Å². The summed E-state index contributed by atoms with van der Waals surface area (Å²) < 4.78 is 0. The average molecular weight is 352 g/mol. The molecular formula is C20H32O5. The van der Waals surface area contributed by atoms with Crippen LogP contribution in [0.1, 0.15) is 53.4 Å². The maximum atomic E-state index is 11.6. The van der Waals surface area contributed by atoms with Gasteiger partial charge in [0.15, 0.2) is 0 Å². The molecule has 0 aromatic heterocycles. The Morgan fingerprint density at radius 2 is 1.60 bits per heavy atom. The normalized spacial score (nSPS) is 50.1. The lowest BCUT2D eigenvalue weighted by Crippen LogP contribution is -2.63. The molecule has 2 bridgehead atoms. The lowest BCUT2D eigenvalue weighted by Gasteiger charge is -2.60. The van der Waals surface area contributed by atoms with Crippen molar-refractivity contribution >= 4 is 0 Å². The van der Waals surface area contributed by atoms with Gasteiger partial charge >= 0.3 is 0 Å². The molecule has 5 N–H and O–H groups in total. The number of rotatable bonds is 0. The zero-order valence-electron chi connectivity index (χ0n) is 15.7. The molecular weight excluding hydrogens is 320 g/mol. The van der Waals surface area contributed by atoms with Crippen molar-refractivity contribution in [3.05, 3.63) is 23.3 Å². The first-order valence-corrected chi connectivity index (χ1v) is 9.21. The Hall–Kier alpha value is -0.720. The minimum absolute atomic E-state index is 0.175. The van der Waals surface area contributed by atoms with Gasteiger partial charge in [0.2, 0.25) is 0 Å². The molecule has 0 radical (unpaired) electrons. The summed E-state index contributed by atoms with van der Waals surface area (Å²) in [6, 6.07) is 0. The Morgan fingerprint density at radius 3 is 2.20 bits per heavy atom. The van der Waals surface area contributed by atoms with E-state index in [1.165, 1.54) is 0 Å². The summed E-state index contributed by atoms with van der Waals surface area (Å²) in [6.45, 7) is 11.4. The number of hydrogen-bond acceptors (Lipinski definition) is 5. The molecule has 25 heavy (non-hydrogen) atoms. The molecule has 5 heteroatoms. The molecule has 2 saturated carbocycles. The lowest BCUT2D eigenvalue weighted by molar-refractivity contribution is -0.167. The van der Waals surface area contributed by atoms with Gasteiger partial charge in [-0.3, -0.25) is 0 Å². The van der Waals surface area contributed by atoms with E-state index in [1.54, 1.807) is 6.92 Å². The van der Waals surface area contributed by atoms with E-state index in [0.29, 0.717) is 36.0 Å². The topological polar surface area (TPSA) is 101 Å². The first kappa shape index (κ1) is 19.1. The summed E-state index contributed by atoms with van der Waals surface area (Å²) in [5.41, 5.74) is -0.965. The van der Waals surface area contributed by atoms with Gasteiger partial charge < -0.3 is 25.5 Å². The molecule has 0 unspecified atom stereocenters. The molecule has 0 amide bonds. The van der Waals surface area contributed by atoms with Crippen molar-refractivity contribution in [2.75, 3.05) is 0 Å². The van der Waals surface area contributed by atoms with E-state index in [-0.39, 0.29) is 12.3 Å². The third-order valence-electron chi connectivity index (χ3n) is 7.73. The fraction of sp³-hybridized carbons (Fsp3) is 0.800. The summed E-state index contributed by atoms with van der Waals surface area (Å²) in [6.07, 6.45) is -2.26. The van der Waals surface area contributed by atoms with Crippen LogP contribution in [0, 0.1) is 16.7 Å². The highest BCUT2D eigenvalue weighted by atomic mass is 16.3. The number of fused-ring (bicyclic) bond motifs is 3. The third-order valence-corrected chi connectivity index (χ3v) is 7.73. The van der Waals surface area contributed by atoms with E-state index in [9.17, 15) is 25.5 Å². The van der Waals surface area contributed by atoms with Crippen molar-refractivity contribution in [3.63, 3.8) is 0 Å². The summed E-state index contributed by atoms with van der Waals surface area (Å²) >= 11 is 0. The van der Waals surface area contributed by atoms with E-state index in [1.807, 2.05) is 20.8 Å². The number of hydrogen-bond donors (Lipinski definition) is 5. The average Bonchev–Trinajstić information content (AvgIpc) is 2.52. The van der Waals surface area contributed by atoms with Gasteiger partial charge in [-0.25, -0.2) is 0 Å². The van der Waals surface area contributed by atoms with Crippen LogP contribution in [0.4, 0.5) is 0 Å². The Bertz CT molecular complexity index is 624. The third kappa shape index (κ3) is 2.40. The van der Waals surface area contributed by atoms with Crippen LogP contribution in [-0.2, 0) is 0 Å². The van der Waals surface area contributed by atoms with Gasteiger partial charge in [0.1, 0.15) is 6.10 Å². The van der Waals surface area contributed by atoms with Gasteiger partial charge in [-0.15, -0.1) is 0 Å². The van der Waals surface area contributed by atoms with E-state index in [2.05, 4.69) is 6.58 Å². The van der Waals surface area contributed by atoms with Crippen LogP contribution in [0.3, 0.4) is 0 Å². The molecule has 3 aliphatic carbocycles. The summed E-state index contributed by atoms with van der Waals surface area (Å²) in [4.78, 5) is 0. The second-order valence-corrected chi connectivity index (χ2v) is 9.25. The molecule has 5 nitrogen and oxygen atoms in total. The molecule has 3 aliphatic rings. The van der Waals surface area contributed by atoms with Crippen molar-refractivity contribution in [1.82, 2.24) is 0 Å². The fourth-order valence-electron chi connectivity index (χ4n) is 5.63. The summed E-state index contributed by atoms with van der Waals surface area (Å²) in [5, 5.41) is 54.5. The highest BCUT2D eigenvalue weighted by Gasteiger charge is 2.61. The molecule has 0 heterocycles. The molecule has 0 aromatic rings. The van der Waals surface area contributed by atoms with Crippen LogP contribution in [0.25, 0.3) is 0 Å². The van der Waals surface area contributed by atoms with Gasteiger partial charge in [-0.2, -0.15) is 0 Å². The second-order valence-electron chi connectivity index (χ2n) is 9.25. The smallest absolute Gasteiger partial charge is 0.102 e. The summed E-state index contributed by atoms with van der Waals surface area (Å²) in [5.74, 6) is -0.336. The standard InChI is InChI=1S/C20H32O5/c1-10-12-8-20(25)9-14(22)11(2)15(18(20,3)4)16(23)17(24)19(12,5)7-6-13(10)21/h12-14,16-17,21-25H,1,6-9H2,2-5H3/t12-,13+,14+,16-,17+,19-,20+/m1/s1. The minimum Gasteiger partial charge on any atom is -0.389 e. The van der Waals surface area contributed by atoms with Crippen LogP contribution in [0.2, 0.25) is 0 Å². The largest absolute Gasteiger partial charge is 0.389 e. The van der Waals surface area contributed by atoms with Gasteiger partial charge in [0.25, 0.3) is 0 Å². The molecule has 3 rings (SSSR count). The molecule has 2 fully saturated rings. The van der Waals surface area contributed by atoms with Crippen LogP contribution in [0.5, 0.6) is 0 Å². The molecule has 7 atom stereocenters. The van der Waals surface area contributed by atoms with Crippen molar-refractivity contribution in [1.29, 1.82) is 0 Å². The number of aliphatic hydroxyl groups is 5. The quantitative estimate of drug-likeness (QED) is 0.423. The molecule has 0 spiro atoms. The molecule has 0 aliphatic heterocycles. The highest BCUT2D eigenvalue weighted by Crippen LogP contribution is 2.60. The van der Waals surface area contributed by atoms with Crippen LogP contribution in [-0.4, -0.2) is 55.5 Å². The fourth-order valence-corrected chi connectivity index (χ4v) is 5.63. The minimum atomic E-state index is -1.26. The van der Waals surface area contributed by atoms with Crippen molar-refractivity contribution in [2.24, 2.45) is 16.7 Å². The number of aliphatic hydroxyl groups excluding tert-OH is 4. The zero-order chi connectivity index (χ0) is 18.9. The van der Waals surface area contributed by atoms with Crippen LogP contribution >= 0.6 is 0 Å². The zero-order valence-corrected chi connectivity index (χ0v) is 15.7. The Kier molecular flexibility index (Phi) is 4.30. The first-order chi connectivity index (χ1) is 11.4. The van der Waals surface area contributed by atoms with E-state index >= 15 is 0 Å². The van der Waals surface area contributed by atoms with Crippen LogP contribution < -0.4 is 0 Å². The van der Waals surface area contributed by atoms with E-state index in [0.717, 1.165) is 0 Å². The predicted molar refractivity (Wildman–Crippen MR) is 94.7 cm³/mol. The van der Waals surface area contributed by atoms with E-state index < -0.39 is 40.8 Å². The first-order valence-electron chi connectivity index (χ1n) is 9.21. The van der Waals surface area contributed by atoms with Gasteiger partial charge in [-0.05, 0) is 48.8 Å². The lowest BCUT2D eigenvalue weighted by atomic mass is 9.49.